The van der Waals surface area contributed by atoms with E-state index < -0.39 is 0 Å². The molecule has 2 N–H and O–H groups in total. The van der Waals surface area contributed by atoms with E-state index in [2.05, 4.69) is 39.2 Å². The molecular formula is C28H38N8O3. The van der Waals surface area contributed by atoms with Gasteiger partial charge in [-0.25, -0.2) is 9.97 Å². The summed E-state index contributed by atoms with van der Waals surface area (Å²) in [6, 6.07) is 8.01. The second-order valence-corrected chi connectivity index (χ2v) is 10.4. The third kappa shape index (κ3) is 5.68. The first-order chi connectivity index (χ1) is 18.9. The smallest absolute Gasteiger partial charge is 0.315 e. The highest BCUT2D eigenvalue weighted by atomic mass is 16.4. The summed E-state index contributed by atoms with van der Waals surface area (Å²) in [5, 5.41) is 20.6. The number of carbonyl (C=O) groups excluding carboxylic acids is 1. The highest BCUT2D eigenvalue weighted by Crippen LogP contribution is 2.30. The number of piperidine rings is 1. The standard InChI is InChI=1S/C28H38N8O3/c1-5-21-17-35(25-19(4)31-24(15-30-25)26-32-33-28(39-26)29-6-2)18(3)16-36(21)22-11-13-34(14-12-22)27(38)20-7-9-23(37)10-8-20/h7-10,15,18,21-22,37H,5-6,11-14,16-17H2,1-4H3,(H,29,33)/t18-,21+/m1/s1. The molecule has 0 bridgehead atoms. The fourth-order valence-corrected chi connectivity index (χ4v) is 5.77. The van der Waals surface area contributed by atoms with E-state index >= 15 is 0 Å². The number of piperazine rings is 1. The second kappa shape index (κ2) is 11.6. The number of aryl methyl sites for hydroxylation is 1. The summed E-state index contributed by atoms with van der Waals surface area (Å²) in [4.78, 5) is 29.4. The van der Waals surface area contributed by atoms with Crippen LogP contribution < -0.4 is 10.2 Å². The molecule has 0 unspecified atom stereocenters. The van der Waals surface area contributed by atoms with Crippen molar-refractivity contribution in [3.8, 4) is 17.3 Å². The van der Waals surface area contributed by atoms with Gasteiger partial charge >= 0.3 is 6.01 Å². The fraction of sp³-hybridized carbons (Fsp3) is 0.536. The van der Waals surface area contributed by atoms with Gasteiger partial charge in [-0.15, -0.1) is 5.10 Å². The minimum Gasteiger partial charge on any atom is -0.508 e. The third-order valence-corrected chi connectivity index (χ3v) is 7.85. The van der Waals surface area contributed by atoms with E-state index in [1.165, 1.54) is 0 Å². The van der Waals surface area contributed by atoms with Gasteiger partial charge in [0, 0.05) is 56.4 Å². The van der Waals surface area contributed by atoms with Crippen molar-refractivity contribution in [3.63, 3.8) is 0 Å². The zero-order chi connectivity index (χ0) is 27.5. The van der Waals surface area contributed by atoms with Crippen LogP contribution in [0.25, 0.3) is 11.6 Å². The number of carbonyl (C=O) groups is 1. The molecule has 5 rings (SSSR count). The molecule has 2 saturated heterocycles. The lowest BCUT2D eigenvalue weighted by Gasteiger charge is -2.50. The van der Waals surface area contributed by atoms with Crippen molar-refractivity contribution < 1.29 is 14.3 Å². The second-order valence-electron chi connectivity index (χ2n) is 10.4. The van der Waals surface area contributed by atoms with Crippen molar-refractivity contribution in [3.05, 3.63) is 41.7 Å². The summed E-state index contributed by atoms with van der Waals surface area (Å²) in [6.07, 6.45) is 4.67. The topological polar surface area (TPSA) is 124 Å². The van der Waals surface area contributed by atoms with E-state index in [1.807, 2.05) is 18.7 Å². The van der Waals surface area contributed by atoms with Crippen molar-refractivity contribution >= 4 is 17.7 Å². The highest BCUT2D eigenvalue weighted by Gasteiger charge is 2.37. The molecule has 1 amide bonds. The molecule has 4 heterocycles. The van der Waals surface area contributed by atoms with Gasteiger partial charge in [-0.2, -0.15) is 0 Å². The third-order valence-electron chi connectivity index (χ3n) is 7.85. The summed E-state index contributed by atoms with van der Waals surface area (Å²) in [5.41, 5.74) is 2.03. The predicted molar refractivity (Wildman–Crippen MR) is 149 cm³/mol. The Bertz CT molecular complexity index is 1270. The van der Waals surface area contributed by atoms with Crippen LogP contribution in [0.3, 0.4) is 0 Å². The van der Waals surface area contributed by atoms with Gasteiger partial charge in [0.1, 0.15) is 17.3 Å². The van der Waals surface area contributed by atoms with Crippen molar-refractivity contribution in [1.82, 2.24) is 30.0 Å². The van der Waals surface area contributed by atoms with Gasteiger partial charge in [0.05, 0.1) is 11.9 Å². The van der Waals surface area contributed by atoms with Crippen LogP contribution in [0.1, 0.15) is 56.1 Å². The molecule has 2 aliphatic rings. The Morgan fingerprint density at radius 3 is 2.54 bits per heavy atom. The number of likely N-dealkylation sites (tertiary alicyclic amines) is 1. The van der Waals surface area contributed by atoms with E-state index in [-0.39, 0.29) is 17.7 Å². The number of amides is 1. The van der Waals surface area contributed by atoms with Gasteiger partial charge in [-0.1, -0.05) is 12.0 Å². The quantitative estimate of drug-likeness (QED) is 0.465. The first kappa shape index (κ1) is 26.9. The van der Waals surface area contributed by atoms with Gasteiger partial charge in [-0.05, 0) is 64.3 Å². The Balaban J connectivity index is 1.23. The van der Waals surface area contributed by atoms with E-state index in [0.717, 1.165) is 57.0 Å². The Labute approximate surface area is 229 Å². The molecule has 208 valence electrons. The van der Waals surface area contributed by atoms with Crippen molar-refractivity contribution in [1.29, 1.82) is 0 Å². The van der Waals surface area contributed by atoms with Crippen LogP contribution in [0.2, 0.25) is 0 Å². The van der Waals surface area contributed by atoms with Crippen molar-refractivity contribution in [2.24, 2.45) is 0 Å². The van der Waals surface area contributed by atoms with Gasteiger partial charge in [0.15, 0.2) is 0 Å². The number of phenols is 1. The van der Waals surface area contributed by atoms with Gasteiger partial charge < -0.3 is 24.6 Å². The lowest BCUT2D eigenvalue weighted by atomic mass is 9.96. The van der Waals surface area contributed by atoms with E-state index in [0.29, 0.717) is 41.8 Å². The fourth-order valence-electron chi connectivity index (χ4n) is 5.77. The minimum absolute atomic E-state index is 0.0366. The summed E-state index contributed by atoms with van der Waals surface area (Å²) in [7, 11) is 0. The maximum Gasteiger partial charge on any atom is 0.315 e. The molecule has 0 saturated carbocycles. The number of aromatic hydroxyl groups is 1. The van der Waals surface area contributed by atoms with Gasteiger partial charge in [0.2, 0.25) is 0 Å². The first-order valence-corrected chi connectivity index (χ1v) is 13.9. The van der Waals surface area contributed by atoms with Crippen LogP contribution in [0.15, 0.2) is 34.9 Å². The number of hydrogen-bond donors (Lipinski definition) is 2. The molecular weight excluding hydrogens is 496 g/mol. The molecule has 2 aromatic heterocycles. The Morgan fingerprint density at radius 1 is 1.13 bits per heavy atom. The number of rotatable bonds is 7. The van der Waals surface area contributed by atoms with Crippen LogP contribution in [-0.2, 0) is 0 Å². The number of anilines is 2. The largest absolute Gasteiger partial charge is 0.508 e. The molecule has 1 aromatic carbocycles. The van der Waals surface area contributed by atoms with Crippen LogP contribution in [0.5, 0.6) is 5.75 Å². The van der Waals surface area contributed by atoms with E-state index in [4.69, 9.17) is 14.4 Å². The average Bonchev–Trinajstić information content (AvgIpc) is 3.42. The molecule has 11 heteroatoms. The van der Waals surface area contributed by atoms with Crippen molar-refractivity contribution in [2.75, 3.05) is 42.9 Å². The van der Waals surface area contributed by atoms with Crippen LogP contribution in [0.4, 0.5) is 11.8 Å². The zero-order valence-electron chi connectivity index (χ0n) is 23.2. The normalized spacial score (nSPS) is 20.8. The molecule has 2 aliphatic heterocycles. The first-order valence-electron chi connectivity index (χ1n) is 13.9. The van der Waals surface area contributed by atoms with Crippen LogP contribution in [0, 0.1) is 6.92 Å². The maximum atomic E-state index is 12.9. The molecule has 2 atom stereocenters. The van der Waals surface area contributed by atoms with E-state index in [1.54, 1.807) is 30.5 Å². The number of phenolic OH excluding ortho intramolecular Hbond substituents is 1. The molecule has 39 heavy (non-hydrogen) atoms. The number of benzene rings is 1. The van der Waals surface area contributed by atoms with E-state index in [9.17, 15) is 9.90 Å². The number of aromatic nitrogens is 4. The Morgan fingerprint density at radius 2 is 1.87 bits per heavy atom. The SMILES string of the molecule is CCNc1nnc(-c2cnc(N3C[C@H](CC)N(C4CCN(C(=O)c5ccc(O)cc5)CC4)C[C@H]3C)c(C)n2)o1. The lowest BCUT2D eigenvalue weighted by molar-refractivity contribution is 0.0434. The van der Waals surface area contributed by atoms with Gasteiger partial charge in [0.25, 0.3) is 11.8 Å². The average molecular weight is 535 g/mol. The van der Waals surface area contributed by atoms with Gasteiger partial charge in [-0.3, -0.25) is 9.69 Å². The molecule has 2 fully saturated rings. The number of hydrogen-bond acceptors (Lipinski definition) is 10. The van der Waals surface area contributed by atoms with Crippen LogP contribution >= 0.6 is 0 Å². The van der Waals surface area contributed by atoms with Crippen molar-refractivity contribution in [2.45, 2.75) is 65.1 Å². The minimum atomic E-state index is 0.0366. The summed E-state index contributed by atoms with van der Waals surface area (Å²) < 4.78 is 5.65. The number of nitrogens with one attached hydrogen (secondary N) is 1. The molecule has 11 nitrogen and oxygen atoms in total. The van der Waals surface area contributed by atoms with Crippen LogP contribution in [-0.4, -0.2) is 91.8 Å². The highest BCUT2D eigenvalue weighted by molar-refractivity contribution is 5.94. The predicted octanol–water partition coefficient (Wildman–Crippen LogP) is 3.57. The summed E-state index contributed by atoms with van der Waals surface area (Å²) in [5.74, 6) is 1.46. The molecule has 3 aromatic rings. The zero-order valence-corrected chi connectivity index (χ0v) is 23.2. The Kier molecular flexibility index (Phi) is 7.97. The Hall–Kier alpha value is -3.73. The summed E-state index contributed by atoms with van der Waals surface area (Å²) in [6.45, 7) is 12.4. The molecule has 0 radical (unpaired) electrons. The molecule has 0 spiro atoms. The monoisotopic (exact) mass is 534 g/mol. The molecule has 0 aliphatic carbocycles. The summed E-state index contributed by atoms with van der Waals surface area (Å²) >= 11 is 0. The number of nitrogens with zero attached hydrogens (tertiary/aromatic N) is 7. The maximum absolute atomic E-state index is 12.9. The lowest BCUT2D eigenvalue weighted by Crippen LogP contribution is -2.62.